The Labute approximate surface area is 162 Å². The zero-order valence-electron chi connectivity index (χ0n) is 16.6. The van der Waals surface area contributed by atoms with Gasteiger partial charge in [0.2, 0.25) is 0 Å². The van der Waals surface area contributed by atoms with E-state index < -0.39 is 0 Å². The molecule has 1 aliphatic rings. The van der Waals surface area contributed by atoms with Gasteiger partial charge in [-0.1, -0.05) is 86.6 Å². The first kappa shape index (κ1) is 20.3. The highest BCUT2D eigenvalue weighted by atomic mass is 32.2. The van der Waals surface area contributed by atoms with E-state index in [2.05, 4.69) is 110 Å². The molecule has 1 aliphatic carbocycles. The number of hydrogen-bond donors (Lipinski definition) is 0. The summed E-state index contributed by atoms with van der Waals surface area (Å²) in [6.45, 7) is 20.9. The van der Waals surface area contributed by atoms with E-state index >= 15 is 0 Å². The number of benzene rings is 1. The van der Waals surface area contributed by atoms with E-state index in [1.807, 2.05) is 11.8 Å². The van der Waals surface area contributed by atoms with E-state index in [0.29, 0.717) is 5.25 Å². The Kier molecular flexibility index (Phi) is 5.90. The Bertz CT molecular complexity index is 622. The van der Waals surface area contributed by atoms with E-state index in [9.17, 15) is 0 Å². The largest absolute Gasteiger partial charge is 0.142 e. The zero-order valence-corrected chi connectivity index (χ0v) is 19.1. The van der Waals surface area contributed by atoms with Crippen molar-refractivity contribution in [1.29, 1.82) is 0 Å². The van der Waals surface area contributed by atoms with Crippen LogP contribution in [0.3, 0.4) is 0 Å². The van der Waals surface area contributed by atoms with Gasteiger partial charge in [0.05, 0.1) is 5.25 Å². The van der Waals surface area contributed by atoms with Gasteiger partial charge in [0.25, 0.3) is 0 Å². The second-order valence-electron chi connectivity index (χ2n) is 9.32. The van der Waals surface area contributed by atoms with Crippen molar-refractivity contribution >= 4 is 40.2 Å². The van der Waals surface area contributed by atoms with E-state index in [-0.39, 0.29) is 14.2 Å². The summed E-state index contributed by atoms with van der Waals surface area (Å²) in [7, 11) is 0. The topological polar surface area (TPSA) is 0 Å². The van der Waals surface area contributed by atoms with Crippen LogP contribution in [-0.2, 0) is 0 Å². The van der Waals surface area contributed by atoms with Gasteiger partial charge in [0.1, 0.15) is 0 Å². The molecule has 0 aliphatic heterocycles. The molecule has 1 unspecified atom stereocenters. The third-order valence-corrected chi connectivity index (χ3v) is 7.48. The van der Waals surface area contributed by atoms with Gasteiger partial charge in [-0.25, -0.2) is 0 Å². The molecule has 0 aromatic heterocycles. The predicted molar refractivity (Wildman–Crippen MR) is 118 cm³/mol. The zero-order chi connectivity index (χ0) is 18.3. The molecule has 0 spiro atoms. The van der Waals surface area contributed by atoms with E-state index in [1.54, 1.807) is 4.91 Å². The van der Waals surface area contributed by atoms with Gasteiger partial charge in [-0.15, -0.1) is 35.3 Å². The van der Waals surface area contributed by atoms with Crippen molar-refractivity contribution in [1.82, 2.24) is 0 Å². The molecule has 1 aromatic rings. The van der Waals surface area contributed by atoms with Crippen molar-refractivity contribution in [2.45, 2.75) is 81.8 Å². The number of fused-ring (bicyclic) bond motifs is 1. The molecule has 0 amide bonds. The molecule has 0 bridgehead atoms. The molecule has 0 fully saturated rings. The second-order valence-corrected chi connectivity index (χ2v) is 15.0. The molecule has 1 aromatic carbocycles. The average molecular weight is 381 g/mol. The summed E-state index contributed by atoms with van der Waals surface area (Å²) < 4.78 is 0.675. The fraction of sp³-hybridized carbons (Fsp3) is 0.619. The van der Waals surface area contributed by atoms with Crippen LogP contribution in [0.2, 0.25) is 0 Å². The Morgan fingerprint density at radius 3 is 1.75 bits per heavy atom. The molecule has 0 saturated carbocycles. The van der Waals surface area contributed by atoms with Gasteiger partial charge in [0.15, 0.2) is 0 Å². The van der Waals surface area contributed by atoms with Crippen LogP contribution in [0.25, 0.3) is 4.91 Å². The molecular weight excluding hydrogens is 348 g/mol. The van der Waals surface area contributed by atoms with Crippen molar-refractivity contribution in [2.75, 3.05) is 0 Å². The molecule has 0 nitrogen and oxygen atoms in total. The first-order chi connectivity index (χ1) is 10.8. The molecule has 0 radical (unpaired) electrons. The molecule has 24 heavy (non-hydrogen) atoms. The van der Waals surface area contributed by atoms with Crippen molar-refractivity contribution < 1.29 is 0 Å². The lowest BCUT2D eigenvalue weighted by atomic mass is 10.1. The monoisotopic (exact) mass is 380 g/mol. The highest BCUT2D eigenvalue weighted by molar-refractivity contribution is 8.13. The van der Waals surface area contributed by atoms with Gasteiger partial charge in [-0.3, -0.25) is 0 Å². The summed E-state index contributed by atoms with van der Waals surface area (Å²) in [5.41, 5.74) is 2.95. The Morgan fingerprint density at radius 1 is 0.708 bits per heavy atom. The van der Waals surface area contributed by atoms with Gasteiger partial charge in [-0.05, 0) is 11.1 Å². The highest BCUT2D eigenvalue weighted by Crippen LogP contribution is 2.61. The van der Waals surface area contributed by atoms with Crippen molar-refractivity contribution in [3.8, 4) is 0 Å². The summed E-state index contributed by atoms with van der Waals surface area (Å²) in [5.74, 6) is 0. The summed E-state index contributed by atoms with van der Waals surface area (Å²) >= 11 is 6.18. The molecule has 0 N–H and O–H groups in total. The van der Waals surface area contributed by atoms with Crippen molar-refractivity contribution in [3.63, 3.8) is 0 Å². The van der Waals surface area contributed by atoms with Crippen LogP contribution in [0.4, 0.5) is 0 Å². The lowest BCUT2D eigenvalue weighted by Gasteiger charge is -2.29. The van der Waals surface area contributed by atoms with Crippen LogP contribution >= 0.6 is 35.3 Å². The van der Waals surface area contributed by atoms with Gasteiger partial charge in [0, 0.05) is 24.1 Å². The molecule has 1 atom stereocenters. The van der Waals surface area contributed by atoms with Gasteiger partial charge < -0.3 is 0 Å². The minimum atomic E-state index is 0.216. The summed E-state index contributed by atoms with van der Waals surface area (Å²) in [6.07, 6.45) is 0. The van der Waals surface area contributed by atoms with Crippen molar-refractivity contribution in [2.24, 2.45) is 0 Å². The maximum Gasteiger partial charge on any atom is 0.0629 e. The number of hydrogen-bond acceptors (Lipinski definition) is 3. The highest BCUT2D eigenvalue weighted by Gasteiger charge is 2.38. The smallest absolute Gasteiger partial charge is 0.0629 e. The van der Waals surface area contributed by atoms with Gasteiger partial charge in [-0.2, -0.15) is 0 Å². The fourth-order valence-corrected chi connectivity index (χ4v) is 6.74. The average Bonchev–Trinajstić information content (AvgIpc) is 2.60. The SMILES string of the molecule is CC(C)(C)SC1=C(SC(C)(C)C)C(SC(C)(C)C)c2ccccc21. The Balaban J connectivity index is 2.58. The van der Waals surface area contributed by atoms with Crippen LogP contribution in [-0.4, -0.2) is 14.2 Å². The third kappa shape index (κ3) is 5.51. The summed E-state index contributed by atoms with van der Waals surface area (Å²) in [6, 6.07) is 9.03. The minimum Gasteiger partial charge on any atom is -0.142 e. The quantitative estimate of drug-likeness (QED) is 0.521. The molecular formula is C21H32S3. The normalized spacial score (nSPS) is 19.0. The van der Waals surface area contributed by atoms with Crippen LogP contribution in [0.5, 0.6) is 0 Å². The van der Waals surface area contributed by atoms with Crippen molar-refractivity contribution in [3.05, 3.63) is 40.3 Å². The fourth-order valence-electron chi connectivity index (χ4n) is 2.64. The minimum absolute atomic E-state index is 0.216. The second kappa shape index (κ2) is 6.96. The summed E-state index contributed by atoms with van der Waals surface area (Å²) in [4.78, 5) is 3.06. The van der Waals surface area contributed by atoms with Gasteiger partial charge >= 0.3 is 0 Å². The van der Waals surface area contributed by atoms with E-state index in [1.165, 1.54) is 16.0 Å². The maximum atomic E-state index is 2.33. The van der Waals surface area contributed by atoms with Crippen LogP contribution in [0.15, 0.2) is 29.2 Å². The summed E-state index contributed by atoms with van der Waals surface area (Å²) in [5, 5.41) is 0.454. The molecule has 0 saturated heterocycles. The lowest BCUT2D eigenvalue weighted by molar-refractivity contribution is 0.795. The number of thioether (sulfide) groups is 3. The van der Waals surface area contributed by atoms with Crippen LogP contribution in [0, 0.1) is 0 Å². The standard InChI is InChI=1S/C21H32S3/c1-19(2,3)22-16-14-12-10-11-13-15(14)17(23-20(4,5)6)18(16)24-21(7,8)9/h10-13,16H,1-9H3. The first-order valence-electron chi connectivity index (χ1n) is 8.66. The van der Waals surface area contributed by atoms with E-state index in [0.717, 1.165) is 0 Å². The van der Waals surface area contributed by atoms with Crippen LogP contribution in [0.1, 0.15) is 78.7 Å². The molecule has 3 heteroatoms. The first-order valence-corrected chi connectivity index (χ1v) is 11.2. The Hall–Kier alpha value is 0.01000. The maximum absolute atomic E-state index is 2.33. The number of rotatable bonds is 3. The Morgan fingerprint density at radius 2 is 1.25 bits per heavy atom. The van der Waals surface area contributed by atoms with Crippen LogP contribution < -0.4 is 0 Å². The molecule has 0 heterocycles. The van der Waals surface area contributed by atoms with E-state index in [4.69, 9.17) is 0 Å². The molecule has 134 valence electrons. The lowest BCUT2D eigenvalue weighted by Crippen LogP contribution is -2.14. The third-order valence-electron chi connectivity index (χ3n) is 3.25. The molecule has 2 rings (SSSR count). The predicted octanol–water partition coefficient (Wildman–Crippen LogP) is 8.01.